The second kappa shape index (κ2) is 5.92. The monoisotopic (exact) mass is 208 g/mol. The fourth-order valence-electron chi connectivity index (χ4n) is 4.09. The summed E-state index contributed by atoms with van der Waals surface area (Å²) in [6.07, 6.45) is 16.8. The molecule has 2 aliphatic carbocycles. The zero-order chi connectivity index (χ0) is 10.5. The summed E-state index contributed by atoms with van der Waals surface area (Å²) in [6, 6.07) is 0. The lowest BCUT2D eigenvalue weighted by atomic mass is 9.64. The van der Waals surface area contributed by atoms with E-state index in [9.17, 15) is 0 Å². The van der Waals surface area contributed by atoms with Crippen LogP contribution in [0.2, 0.25) is 0 Å². The molecule has 2 saturated carbocycles. The molecule has 0 bridgehead atoms. The molecule has 15 heavy (non-hydrogen) atoms. The molecule has 0 radical (unpaired) electrons. The Hall–Kier alpha value is 0. The van der Waals surface area contributed by atoms with E-state index in [0.717, 1.165) is 17.8 Å². The summed E-state index contributed by atoms with van der Waals surface area (Å²) in [5.41, 5.74) is 0. The Morgan fingerprint density at radius 3 is 2.53 bits per heavy atom. The van der Waals surface area contributed by atoms with E-state index in [0.29, 0.717) is 0 Å². The third kappa shape index (κ3) is 2.98. The van der Waals surface area contributed by atoms with Gasteiger partial charge < -0.3 is 0 Å². The van der Waals surface area contributed by atoms with E-state index >= 15 is 0 Å². The van der Waals surface area contributed by atoms with Gasteiger partial charge in [0.05, 0.1) is 0 Å². The highest BCUT2D eigenvalue weighted by Gasteiger charge is 2.33. The van der Waals surface area contributed by atoms with Crippen molar-refractivity contribution in [1.29, 1.82) is 0 Å². The van der Waals surface area contributed by atoms with Crippen LogP contribution in [0.1, 0.15) is 77.6 Å². The van der Waals surface area contributed by atoms with Gasteiger partial charge in [0.2, 0.25) is 0 Å². The maximum atomic E-state index is 2.32. The van der Waals surface area contributed by atoms with Crippen molar-refractivity contribution in [3.8, 4) is 0 Å². The van der Waals surface area contributed by atoms with E-state index < -0.39 is 0 Å². The van der Waals surface area contributed by atoms with Crippen LogP contribution in [0.5, 0.6) is 0 Å². The molecule has 2 fully saturated rings. The van der Waals surface area contributed by atoms with Gasteiger partial charge in [0.25, 0.3) is 0 Å². The highest BCUT2D eigenvalue weighted by Crippen LogP contribution is 2.45. The minimum Gasteiger partial charge on any atom is -0.0654 e. The number of fused-ring (bicyclic) bond motifs is 1. The molecule has 0 nitrogen and oxygen atoms in total. The Morgan fingerprint density at radius 2 is 1.67 bits per heavy atom. The predicted octanol–water partition coefficient (Wildman–Crippen LogP) is 5.17. The van der Waals surface area contributed by atoms with E-state index in [1.165, 1.54) is 38.5 Å². The number of unbranched alkanes of at least 4 members (excludes halogenated alkanes) is 2. The summed E-state index contributed by atoms with van der Waals surface area (Å²) >= 11 is 0. The topological polar surface area (TPSA) is 0 Å². The van der Waals surface area contributed by atoms with Crippen LogP contribution in [-0.4, -0.2) is 0 Å². The van der Waals surface area contributed by atoms with E-state index in [-0.39, 0.29) is 0 Å². The molecule has 0 heterocycles. The van der Waals surface area contributed by atoms with Gasteiger partial charge in [0, 0.05) is 0 Å². The van der Waals surface area contributed by atoms with Gasteiger partial charge >= 0.3 is 0 Å². The quantitative estimate of drug-likeness (QED) is 0.559. The third-order valence-electron chi connectivity index (χ3n) is 4.90. The third-order valence-corrected chi connectivity index (χ3v) is 4.90. The largest absolute Gasteiger partial charge is 0.0654 e. The Bertz CT molecular complexity index is 171. The Morgan fingerprint density at radius 1 is 0.867 bits per heavy atom. The average Bonchev–Trinajstić information content (AvgIpc) is 2.30. The highest BCUT2D eigenvalue weighted by atomic mass is 14.4. The smallest absolute Gasteiger partial charge is 0.0357 e. The Kier molecular flexibility index (Phi) is 4.53. The average molecular weight is 208 g/mol. The molecule has 0 N–H and O–H groups in total. The number of hydrogen-bond acceptors (Lipinski definition) is 0. The Balaban J connectivity index is 1.81. The maximum Gasteiger partial charge on any atom is -0.0357 e. The second-order valence-electron chi connectivity index (χ2n) is 5.90. The van der Waals surface area contributed by atoms with Crippen molar-refractivity contribution in [2.75, 3.05) is 0 Å². The molecule has 0 aromatic carbocycles. The SMILES string of the molecule is CCCCCC1CCCC2CCCCC12. The molecular formula is C15H28. The van der Waals surface area contributed by atoms with E-state index in [1.54, 1.807) is 32.1 Å². The first kappa shape index (κ1) is 11.5. The second-order valence-corrected chi connectivity index (χ2v) is 5.90. The molecular weight excluding hydrogens is 180 g/mol. The summed E-state index contributed by atoms with van der Waals surface area (Å²) in [4.78, 5) is 0. The van der Waals surface area contributed by atoms with Crippen LogP contribution in [0.25, 0.3) is 0 Å². The molecule has 3 unspecified atom stereocenters. The molecule has 0 amide bonds. The van der Waals surface area contributed by atoms with Crippen molar-refractivity contribution in [2.45, 2.75) is 77.6 Å². The first-order valence-electron chi connectivity index (χ1n) is 7.42. The van der Waals surface area contributed by atoms with Crippen LogP contribution in [0.4, 0.5) is 0 Å². The fourth-order valence-corrected chi connectivity index (χ4v) is 4.09. The molecule has 0 aliphatic heterocycles. The first-order chi connectivity index (χ1) is 7.42. The summed E-state index contributed by atoms with van der Waals surface area (Å²) < 4.78 is 0. The van der Waals surface area contributed by atoms with Gasteiger partial charge in [0.1, 0.15) is 0 Å². The minimum absolute atomic E-state index is 1.12. The van der Waals surface area contributed by atoms with E-state index in [1.807, 2.05) is 0 Å². The van der Waals surface area contributed by atoms with Crippen LogP contribution in [0.3, 0.4) is 0 Å². The standard InChI is InChI=1S/C15H28/c1-2-3-4-8-13-10-7-11-14-9-5-6-12-15(13)14/h13-15H,2-12H2,1H3. The molecule has 0 saturated heterocycles. The fraction of sp³-hybridized carbons (Fsp3) is 1.00. The van der Waals surface area contributed by atoms with Crippen molar-refractivity contribution in [3.05, 3.63) is 0 Å². The first-order valence-corrected chi connectivity index (χ1v) is 7.42. The van der Waals surface area contributed by atoms with Crippen molar-refractivity contribution in [1.82, 2.24) is 0 Å². The number of hydrogen-bond donors (Lipinski definition) is 0. The van der Waals surface area contributed by atoms with Crippen LogP contribution in [0, 0.1) is 17.8 Å². The molecule has 2 rings (SSSR count). The molecule has 0 heteroatoms. The van der Waals surface area contributed by atoms with Crippen LogP contribution in [0.15, 0.2) is 0 Å². The van der Waals surface area contributed by atoms with Crippen LogP contribution < -0.4 is 0 Å². The molecule has 0 aromatic heterocycles. The Labute approximate surface area is 95.8 Å². The van der Waals surface area contributed by atoms with Gasteiger partial charge in [-0.15, -0.1) is 0 Å². The zero-order valence-electron chi connectivity index (χ0n) is 10.5. The van der Waals surface area contributed by atoms with E-state index in [4.69, 9.17) is 0 Å². The summed E-state index contributed by atoms with van der Waals surface area (Å²) in [6.45, 7) is 2.32. The van der Waals surface area contributed by atoms with Gasteiger partial charge in [-0.2, -0.15) is 0 Å². The van der Waals surface area contributed by atoms with Gasteiger partial charge in [0.15, 0.2) is 0 Å². The van der Waals surface area contributed by atoms with Crippen molar-refractivity contribution in [3.63, 3.8) is 0 Å². The van der Waals surface area contributed by atoms with Gasteiger partial charge in [-0.25, -0.2) is 0 Å². The lowest BCUT2D eigenvalue weighted by molar-refractivity contribution is 0.0962. The summed E-state index contributed by atoms with van der Waals surface area (Å²) in [5, 5.41) is 0. The van der Waals surface area contributed by atoms with Crippen LogP contribution in [-0.2, 0) is 0 Å². The molecule has 2 aliphatic rings. The number of rotatable bonds is 4. The van der Waals surface area contributed by atoms with Gasteiger partial charge in [-0.3, -0.25) is 0 Å². The molecule has 0 spiro atoms. The predicted molar refractivity (Wildman–Crippen MR) is 66.9 cm³/mol. The normalized spacial score (nSPS) is 36.2. The lowest BCUT2D eigenvalue weighted by Crippen LogP contribution is -2.30. The van der Waals surface area contributed by atoms with Gasteiger partial charge in [-0.05, 0) is 24.2 Å². The van der Waals surface area contributed by atoms with Crippen molar-refractivity contribution in [2.24, 2.45) is 17.8 Å². The minimum atomic E-state index is 1.12. The maximum absolute atomic E-state index is 2.32. The molecule has 88 valence electrons. The molecule has 3 atom stereocenters. The summed E-state index contributed by atoms with van der Waals surface area (Å²) in [5.74, 6) is 3.40. The van der Waals surface area contributed by atoms with Crippen molar-refractivity contribution < 1.29 is 0 Å². The molecule has 0 aromatic rings. The van der Waals surface area contributed by atoms with Gasteiger partial charge in [-0.1, -0.05) is 71.1 Å². The zero-order valence-corrected chi connectivity index (χ0v) is 10.5. The van der Waals surface area contributed by atoms with Crippen molar-refractivity contribution >= 4 is 0 Å². The van der Waals surface area contributed by atoms with E-state index in [2.05, 4.69) is 6.92 Å². The highest BCUT2D eigenvalue weighted by molar-refractivity contribution is 4.84. The lowest BCUT2D eigenvalue weighted by Gasteiger charge is -2.41. The van der Waals surface area contributed by atoms with Crippen LogP contribution >= 0.6 is 0 Å². The summed E-state index contributed by atoms with van der Waals surface area (Å²) in [7, 11) is 0.